The summed E-state index contributed by atoms with van der Waals surface area (Å²) in [7, 11) is -3.78. The maximum Gasteiger partial charge on any atom is 0.266 e. The molecule has 0 atom stereocenters. The molecule has 4 nitrogen and oxygen atoms in total. The Bertz CT molecular complexity index is 189. The second kappa shape index (κ2) is 6.39. The third-order valence-electron chi connectivity index (χ3n) is 1.49. The van der Waals surface area contributed by atoms with Crippen LogP contribution in [-0.2, 0) is 10.1 Å². The van der Waals surface area contributed by atoms with E-state index < -0.39 is 10.1 Å². The quantitative estimate of drug-likeness (QED) is 0.462. The summed E-state index contributed by atoms with van der Waals surface area (Å²) in [4.78, 5) is 0. The molecule has 0 radical (unpaired) electrons. The number of unbranched alkanes of at least 4 members (excludes halogenated alkanes) is 2. The van der Waals surface area contributed by atoms with Crippen LogP contribution in [0.15, 0.2) is 0 Å². The van der Waals surface area contributed by atoms with E-state index >= 15 is 0 Å². The first-order valence-corrected chi connectivity index (χ1v) is 5.83. The van der Waals surface area contributed by atoms with Gasteiger partial charge in [-0.15, -0.1) is 0 Å². The third kappa shape index (κ3) is 9.87. The number of hydrogen-bond acceptors (Lipinski definition) is 3. The molecule has 2 N–H and O–H groups in total. The lowest BCUT2D eigenvalue weighted by Crippen LogP contribution is -2.23. The lowest BCUT2D eigenvalue weighted by molar-refractivity contribution is 0.480. The molecule has 0 aliphatic rings. The largest absolute Gasteiger partial charge is 0.316 e. The Morgan fingerprint density at radius 1 is 1.25 bits per heavy atom. The number of hydrogen-bond donors (Lipinski definition) is 2. The summed E-state index contributed by atoms with van der Waals surface area (Å²) in [5, 5.41) is 2.94. The van der Waals surface area contributed by atoms with Crippen molar-refractivity contribution in [1.29, 1.82) is 0 Å². The van der Waals surface area contributed by atoms with Gasteiger partial charge in [0.15, 0.2) is 0 Å². The Morgan fingerprint density at radius 2 is 1.92 bits per heavy atom. The van der Waals surface area contributed by atoms with Crippen molar-refractivity contribution in [2.45, 2.75) is 26.2 Å². The van der Waals surface area contributed by atoms with Crippen LogP contribution in [0.4, 0.5) is 0 Å². The maximum absolute atomic E-state index is 10.2. The molecule has 0 saturated heterocycles. The molecule has 0 heterocycles. The smallest absolute Gasteiger partial charge is 0.266 e. The summed E-state index contributed by atoms with van der Waals surface area (Å²) < 4.78 is 28.8. The summed E-state index contributed by atoms with van der Waals surface area (Å²) >= 11 is 0. The maximum atomic E-state index is 10.2. The molecule has 0 bridgehead atoms. The van der Waals surface area contributed by atoms with E-state index in [1.54, 1.807) is 0 Å². The highest BCUT2D eigenvalue weighted by Gasteiger charge is 2.01. The summed E-state index contributed by atoms with van der Waals surface area (Å²) in [6, 6.07) is 0. The van der Waals surface area contributed by atoms with Crippen molar-refractivity contribution in [2.24, 2.45) is 0 Å². The summed E-state index contributed by atoms with van der Waals surface area (Å²) in [6.07, 6.45) is 3.36. The Balaban J connectivity index is 3.12. The van der Waals surface area contributed by atoms with Crippen LogP contribution >= 0.6 is 0 Å². The van der Waals surface area contributed by atoms with E-state index in [0.29, 0.717) is 6.54 Å². The normalized spacial score (nSPS) is 11.8. The van der Waals surface area contributed by atoms with Crippen molar-refractivity contribution >= 4 is 10.1 Å². The number of rotatable bonds is 7. The first-order valence-electron chi connectivity index (χ1n) is 4.22. The van der Waals surface area contributed by atoms with Gasteiger partial charge in [-0.25, -0.2) is 0 Å². The molecule has 74 valence electrons. The summed E-state index contributed by atoms with van der Waals surface area (Å²) in [5.74, 6) is -0.195. The van der Waals surface area contributed by atoms with Crippen LogP contribution in [0.25, 0.3) is 0 Å². The van der Waals surface area contributed by atoms with E-state index in [1.807, 2.05) is 0 Å². The predicted octanol–water partition coefficient (Wildman–Crippen LogP) is 0.654. The summed E-state index contributed by atoms with van der Waals surface area (Å²) in [5.41, 5.74) is 0. The minimum Gasteiger partial charge on any atom is -0.316 e. The molecule has 0 aliphatic heterocycles. The molecule has 0 aliphatic carbocycles. The highest BCUT2D eigenvalue weighted by atomic mass is 32.2. The topological polar surface area (TPSA) is 66.4 Å². The molecule has 0 amide bonds. The third-order valence-corrected chi connectivity index (χ3v) is 2.21. The Hall–Kier alpha value is -0.130. The van der Waals surface area contributed by atoms with Gasteiger partial charge in [-0.05, 0) is 13.0 Å². The first-order chi connectivity index (χ1) is 5.56. The molecule has 0 spiro atoms. The van der Waals surface area contributed by atoms with Crippen molar-refractivity contribution in [2.75, 3.05) is 18.8 Å². The van der Waals surface area contributed by atoms with Gasteiger partial charge in [0.05, 0.1) is 5.75 Å². The molecule has 12 heavy (non-hydrogen) atoms. The van der Waals surface area contributed by atoms with Gasteiger partial charge in [-0.3, -0.25) is 4.55 Å². The molecular formula is C7H17NO3S. The van der Waals surface area contributed by atoms with Crippen molar-refractivity contribution in [3.8, 4) is 0 Å². The zero-order valence-electron chi connectivity index (χ0n) is 7.41. The van der Waals surface area contributed by atoms with Crippen molar-refractivity contribution in [1.82, 2.24) is 5.32 Å². The van der Waals surface area contributed by atoms with Gasteiger partial charge in [0.1, 0.15) is 0 Å². The molecule has 0 unspecified atom stereocenters. The van der Waals surface area contributed by atoms with E-state index in [4.69, 9.17) is 4.55 Å². The van der Waals surface area contributed by atoms with E-state index in [0.717, 1.165) is 25.8 Å². The molecular weight excluding hydrogens is 178 g/mol. The fourth-order valence-electron chi connectivity index (χ4n) is 0.826. The van der Waals surface area contributed by atoms with Gasteiger partial charge in [-0.1, -0.05) is 19.8 Å². The minimum atomic E-state index is -3.78. The van der Waals surface area contributed by atoms with Crippen LogP contribution in [0, 0.1) is 0 Å². The van der Waals surface area contributed by atoms with Crippen LogP contribution in [0.3, 0.4) is 0 Å². The molecule has 0 saturated carbocycles. The van der Waals surface area contributed by atoms with Crippen molar-refractivity contribution in [3.63, 3.8) is 0 Å². The van der Waals surface area contributed by atoms with E-state index in [9.17, 15) is 8.42 Å². The average Bonchev–Trinajstić information content (AvgIpc) is 1.94. The van der Waals surface area contributed by atoms with Gasteiger partial charge in [0.25, 0.3) is 10.1 Å². The van der Waals surface area contributed by atoms with E-state index in [2.05, 4.69) is 12.2 Å². The molecule has 0 aromatic heterocycles. The fraction of sp³-hybridized carbons (Fsp3) is 1.00. The van der Waals surface area contributed by atoms with Crippen LogP contribution < -0.4 is 5.32 Å². The average molecular weight is 195 g/mol. The van der Waals surface area contributed by atoms with Crippen LogP contribution in [-0.4, -0.2) is 31.8 Å². The molecule has 0 fully saturated rings. The van der Waals surface area contributed by atoms with Gasteiger partial charge in [-0.2, -0.15) is 8.42 Å². The van der Waals surface area contributed by atoms with Crippen molar-refractivity contribution in [3.05, 3.63) is 0 Å². The van der Waals surface area contributed by atoms with Gasteiger partial charge < -0.3 is 5.32 Å². The zero-order valence-corrected chi connectivity index (χ0v) is 8.23. The van der Waals surface area contributed by atoms with E-state index in [-0.39, 0.29) is 5.75 Å². The second-order valence-corrected chi connectivity index (χ2v) is 4.32. The SMILES string of the molecule is CCCCCNCCS(=O)(=O)O. The standard InChI is InChI=1S/C7H17NO3S/c1-2-3-4-5-8-6-7-12(9,10)11/h8H,2-7H2,1H3,(H,9,10,11). The van der Waals surface area contributed by atoms with Crippen LogP contribution in [0.1, 0.15) is 26.2 Å². The number of nitrogens with one attached hydrogen (secondary N) is 1. The fourth-order valence-corrected chi connectivity index (χ4v) is 1.23. The van der Waals surface area contributed by atoms with Crippen LogP contribution in [0.2, 0.25) is 0 Å². The molecule has 0 aromatic rings. The lowest BCUT2D eigenvalue weighted by atomic mass is 10.2. The van der Waals surface area contributed by atoms with Crippen LogP contribution in [0.5, 0.6) is 0 Å². The second-order valence-electron chi connectivity index (χ2n) is 2.74. The minimum absolute atomic E-state index is 0.195. The van der Waals surface area contributed by atoms with Crippen molar-refractivity contribution < 1.29 is 13.0 Å². The van der Waals surface area contributed by atoms with Gasteiger partial charge in [0.2, 0.25) is 0 Å². The Kier molecular flexibility index (Phi) is 6.32. The highest BCUT2D eigenvalue weighted by Crippen LogP contribution is 1.90. The first kappa shape index (κ1) is 11.9. The Labute approximate surface area is 74.1 Å². The molecule has 5 heteroatoms. The predicted molar refractivity (Wildman–Crippen MR) is 48.8 cm³/mol. The Morgan fingerprint density at radius 3 is 2.42 bits per heavy atom. The summed E-state index contributed by atoms with van der Waals surface area (Å²) in [6.45, 7) is 3.27. The molecule has 0 rings (SSSR count). The van der Waals surface area contributed by atoms with Gasteiger partial charge in [0, 0.05) is 6.54 Å². The monoisotopic (exact) mass is 195 g/mol. The molecule has 0 aromatic carbocycles. The lowest BCUT2D eigenvalue weighted by Gasteiger charge is -2.01. The zero-order chi connectivity index (χ0) is 9.45. The highest BCUT2D eigenvalue weighted by molar-refractivity contribution is 7.85. The van der Waals surface area contributed by atoms with Gasteiger partial charge >= 0.3 is 0 Å². The van der Waals surface area contributed by atoms with E-state index in [1.165, 1.54) is 0 Å².